The highest BCUT2D eigenvalue weighted by Gasteiger charge is 2.15. The van der Waals surface area contributed by atoms with Crippen LogP contribution in [0.5, 0.6) is 0 Å². The Morgan fingerprint density at radius 2 is 1.52 bits per heavy atom. The van der Waals surface area contributed by atoms with Crippen LogP contribution in [0.2, 0.25) is 0 Å². The minimum Gasteiger partial charge on any atom is -0.397 e. The second-order valence-corrected chi connectivity index (χ2v) is 6.44. The number of aliphatic hydroxyl groups is 1. The van der Waals surface area contributed by atoms with Gasteiger partial charge in [-0.2, -0.15) is 0 Å². The highest BCUT2D eigenvalue weighted by molar-refractivity contribution is 5.83. The number of allylic oxidation sites excluding steroid dienone is 1. The largest absolute Gasteiger partial charge is 0.397 e. The van der Waals surface area contributed by atoms with E-state index in [0.717, 1.165) is 12.8 Å². The molecule has 0 aliphatic rings. The highest BCUT2D eigenvalue weighted by Crippen LogP contribution is 2.09. The molecule has 0 aromatic rings. The fourth-order valence-corrected chi connectivity index (χ4v) is 2.31. The van der Waals surface area contributed by atoms with Crippen molar-refractivity contribution in [2.24, 2.45) is 5.73 Å². The van der Waals surface area contributed by atoms with Crippen molar-refractivity contribution in [1.29, 1.82) is 0 Å². The van der Waals surface area contributed by atoms with Gasteiger partial charge in [0.15, 0.2) is 0 Å². The maximum Gasteiger partial charge on any atom is 0.337 e. The SMILES string of the molecule is C=CC.CCCCCCCCCCCNC(=O)C(CCN)NC=O.CCO.O=COF. The van der Waals surface area contributed by atoms with E-state index in [-0.39, 0.29) is 19.0 Å². The lowest BCUT2D eigenvalue weighted by Crippen LogP contribution is -2.45. The Morgan fingerprint density at radius 1 is 1.10 bits per heavy atom. The van der Waals surface area contributed by atoms with Crippen molar-refractivity contribution in [2.45, 2.75) is 91.0 Å². The topological polar surface area (TPSA) is 131 Å². The Balaban J connectivity index is -0.000000304. The first-order valence-corrected chi connectivity index (χ1v) is 11.1. The standard InChI is InChI=1S/C16H33N3O2.C3H6.C2H6O.CHFO2/c1-2-3-4-5-6-7-8-9-10-13-18-16(21)15(11-12-17)19-14-20;1-3-2;1-2-3;2-4-1-3/h14-15H,2-13,17H2,1H3,(H,18,21)(H,19,20);3H,1H2,2H3;3H,2H2,1H3;1H. The second kappa shape index (κ2) is 38.6. The smallest absolute Gasteiger partial charge is 0.337 e. The van der Waals surface area contributed by atoms with Gasteiger partial charge in [0.05, 0.1) is 0 Å². The van der Waals surface area contributed by atoms with Crippen LogP contribution < -0.4 is 16.4 Å². The lowest BCUT2D eigenvalue weighted by Gasteiger charge is -2.14. The summed E-state index contributed by atoms with van der Waals surface area (Å²) in [6, 6.07) is -0.494. The number of hydrogen-bond acceptors (Lipinski definition) is 6. The van der Waals surface area contributed by atoms with Crippen molar-refractivity contribution in [2.75, 3.05) is 19.7 Å². The van der Waals surface area contributed by atoms with E-state index in [1.807, 2.05) is 6.92 Å². The molecule has 0 fully saturated rings. The molecule has 31 heavy (non-hydrogen) atoms. The molecule has 8 nitrogen and oxygen atoms in total. The molecular weight excluding hydrogens is 405 g/mol. The first kappa shape index (κ1) is 36.4. The Hall–Kier alpha value is -2.00. The van der Waals surface area contributed by atoms with Gasteiger partial charge in [-0.25, -0.2) is 0 Å². The molecule has 9 heteroatoms. The normalized spacial score (nSPS) is 9.74. The van der Waals surface area contributed by atoms with Crippen molar-refractivity contribution < 1.29 is 29.0 Å². The van der Waals surface area contributed by atoms with E-state index in [1.54, 1.807) is 13.0 Å². The van der Waals surface area contributed by atoms with E-state index in [0.29, 0.717) is 25.9 Å². The van der Waals surface area contributed by atoms with E-state index < -0.39 is 6.04 Å². The van der Waals surface area contributed by atoms with Crippen LogP contribution in [0.3, 0.4) is 0 Å². The van der Waals surface area contributed by atoms with Gasteiger partial charge >= 0.3 is 6.47 Å². The summed E-state index contributed by atoms with van der Waals surface area (Å²) < 4.78 is 9.85. The zero-order valence-electron chi connectivity index (χ0n) is 19.7. The molecule has 0 saturated carbocycles. The summed E-state index contributed by atoms with van der Waals surface area (Å²) >= 11 is 0. The molecule has 1 unspecified atom stereocenters. The van der Waals surface area contributed by atoms with Gasteiger partial charge in [0, 0.05) is 17.7 Å². The molecule has 2 amide bonds. The van der Waals surface area contributed by atoms with Gasteiger partial charge in [0.1, 0.15) is 6.04 Å². The Kier molecular flexibility index (Phi) is 45.3. The third-order valence-corrected chi connectivity index (χ3v) is 3.66. The Bertz CT molecular complexity index is 375. The van der Waals surface area contributed by atoms with Crippen LogP contribution >= 0.6 is 0 Å². The zero-order chi connectivity index (χ0) is 24.6. The molecule has 186 valence electrons. The number of nitrogens with two attached hydrogens (primary N) is 1. The van der Waals surface area contributed by atoms with Gasteiger partial charge in [-0.05, 0) is 33.2 Å². The second-order valence-electron chi connectivity index (χ2n) is 6.44. The quantitative estimate of drug-likeness (QED) is 0.162. The predicted molar refractivity (Wildman–Crippen MR) is 124 cm³/mol. The monoisotopic (exact) mass is 451 g/mol. The van der Waals surface area contributed by atoms with Crippen molar-refractivity contribution in [3.8, 4) is 0 Å². The van der Waals surface area contributed by atoms with Gasteiger partial charge in [-0.1, -0.05) is 64.4 Å². The summed E-state index contributed by atoms with van der Waals surface area (Å²) in [7, 11) is 0. The summed E-state index contributed by atoms with van der Waals surface area (Å²) in [4.78, 5) is 33.1. The van der Waals surface area contributed by atoms with Crippen LogP contribution in [0.15, 0.2) is 12.7 Å². The number of aliphatic hydroxyl groups excluding tert-OH is 1. The molecule has 0 rings (SSSR count). The minimum absolute atomic E-state index is 0.132. The molecule has 0 aromatic carbocycles. The highest BCUT2D eigenvalue weighted by atomic mass is 19.3. The number of hydrogen-bond donors (Lipinski definition) is 4. The summed E-state index contributed by atoms with van der Waals surface area (Å²) in [5, 5.41) is 12.9. The number of rotatable bonds is 16. The average Bonchev–Trinajstić information content (AvgIpc) is 2.76. The van der Waals surface area contributed by atoms with Gasteiger partial charge in [-0.3, -0.25) is 19.3 Å². The summed E-state index contributed by atoms with van der Waals surface area (Å²) in [6.45, 7) is 10.2. The van der Waals surface area contributed by atoms with E-state index in [9.17, 15) is 14.1 Å². The van der Waals surface area contributed by atoms with Crippen LogP contribution in [0, 0.1) is 0 Å². The summed E-state index contributed by atoms with van der Waals surface area (Å²) in [5.41, 5.74) is 5.41. The fraction of sp³-hybridized carbons (Fsp3) is 0.773. The average molecular weight is 452 g/mol. The maximum absolute atomic E-state index is 11.8. The van der Waals surface area contributed by atoms with Crippen LogP contribution in [-0.4, -0.2) is 49.6 Å². The van der Waals surface area contributed by atoms with E-state index >= 15 is 0 Å². The molecule has 0 radical (unpaired) electrons. The Morgan fingerprint density at radius 3 is 1.87 bits per heavy atom. The molecule has 0 aromatic heterocycles. The number of amides is 2. The molecule has 0 aliphatic carbocycles. The lowest BCUT2D eigenvalue weighted by molar-refractivity contribution is -0.165. The van der Waals surface area contributed by atoms with Gasteiger partial charge in [0.25, 0.3) is 0 Å². The third kappa shape index (κ3) is 42.9. The third-order valence-electron chi connectivity index (χ3n) is 3.66. The number of halogens is 1. The number of nitrogens with one attached hydrogen (secondary N) is 2. The van der Waals surface area contributed by atoms with E-state index in [4.69, 9.17) is 15.6 Å². The van der Waals surface area contributed by atoms with Crippen LogP contribution in [0.25, 0.3) is 0 Å². The lowest BCUT2D eigenvalue weighted by atomic mass is 10.1. The molecule has 0 aliphatic heterocycles. The van der Waals surface area contributed by atoms with Crippen molar-refractivity contribution in [3.05, 3.63) is 12.7 Å². The predicted octanol–water partition coefficient (Wildman–Crippen LogP) is 3.33. The number of unbranched alkanes of at least 4 members (excludes halogenated alkanes) is 8. The van der Waals surface area contributed by atoms with Crippen molar-refractivity contribution in [1.82, 2.24) is 10.6 Å². The fourth-order valence-electron chi connectivity index (χ4n) is 2.31. The molecular formula is C22H46FN3O5. The van der Waals surface area contributed by atoms with Gasteiger partial charge < -0.3 is 21.5 Å². The number of carbonyl (C=O) groups excluding carboxylic acids is 3. The van der Waals surface area contributed by atoms with Gasteiger partial charge in [-0.15, -0.1) is 6.58 Å². The molecule has 0 heterocycles. The molecule has 0 saturated heterocycles. The van der Waals surface area contributed by atoms with Crippen LogP contribution in [0.4, 0.5) is 4.53 Å². The van der Waals surface area contributed by atoms with Crippen molar-refractivity contribution >= 4 is 18.8 Å². The summed E-state index contributed by atoms with van der Waals surface area (Å²) in [6.07, 6.45) is 14.1. The molecule has 0 spiro atoms. The van der Waals surface area contributed by atoms with Gasteiger partial charge in [0.2, 0.25) is 12.3 Å². The van der Waals surface area contributed by atoms with Crippen LogP contribution in [0.1, 0.15) is 85.0 Å². The van der Waals surface area contributed by atoms with E-state index in [1.165, 1.54) is 44.9 Å². The van der Waals surface area contributed by atoms with E-state index in [2.05, 4.69) is 29.1 Å². The number of carbonyl (C=O) groups is 3. The first-order valence-electron chi connectivity index (χ1n) is 11.1. The molecule has 5 N–H and O–H groups in total. The zero-order valence-corrected chi connectivity index (χ0v) is 19.7. The first-order chi connectivity index (χ1) is 15.0. The molecule has 0 bridgehead atoms. The summed E-state index contributed by atoms with van der Waals surface area (Å²) in [5.74, 6) is -0.132. The maximum atomic E-state index is 11.8. The molecule has 1 atom stereocenters. The van der Waals surface area contributed by atoms with Crippen LogP contribution in [-0.2, 0) is 19.3 Å². The Labute approximate surface area is 188 Å². The minimum atomic E-state index is -0.494. The van der Waals surface area contributed by atoms with Crippen molar-refractivity contribution in [3.63, 3.8) is 0 Å².